The van der Waals surface area contributed by atoms with Crippen LogP contribution in [-0.2, 0) is 0 Å². The topological polar surface area (TPSA) is 32.3 Å². The van der Waals surface area contributed by atoms with E-state index < -0.39 is 0 Å². The Labute approximate surface area is 133 Å². The molecule has 0 unspecified atom stereocenters. The van der Waals surface area contributed by atoms with Crippen molar-refractivity contribution >= 4 is 27.5 Å². The predicted molar refractivity (Wildman–Crippen MR) is 88.3 cm³/mol. The summed E-state index contributed by atoms with van der Waals surface area (Å²) in [7, 11) is 0. The zero-order valence-electron chi connectivity index (χ0n) is 11.8. The van der Waals surface area contributed by atoms with E-state index in [1.165, 1.54) is 0 Å². The summed E-state index contributed by atoms with van der Waals surface area (Å²) < 4.78 is 1.02. The Morgan fingerprint density at radius 3 is 2.76 bits per heavy atom. The lowest BCUT2D eigenvalue weighted by atomic mass is 10.0. The molecule has 1 heterocycles. The third kappa shape index (κ3) is 2.68. The minimum absolute atomic E-state index is 0.0937. The minimum Gasteiger partial charge on any atom is -0.361 e. The SMILES string of the molecule is CCCN1C(=O)c2ccccc2N[C@@H]1c1cccc(Br)c1. The van der Waals surface area contributed by atoms with E-state index in [0.29, 0.717) is 0 Å². The fourth-order valence-corrected chi connectivity index (χ4v) is 3.12. The van der Waals surface area contributed by atoms with Crippen molar-refractivity contribution in [1.29, 1.82) is 0 Å². The van der Waals surface area contributed by atoms with Crippen LogP contribution >= 0.6 is 15.9 Å². The van der Waals surface area contributed by atoms with Gasteiger partial charge in [0.2, 0.25) is 0 Å². The molecule has 1 amide bonds. The molecule has 4 heteroatoms. The number of benzene rings is 2. The van der Waals surface area contributed by atoms with Gasteiger partial charge >= 0.3 is 0 Å². The van der Waals surface area contributed by atoms with Crippen LogP contribution in [-0.4, -0.2) is 17.4 Å². The molecule has 108 valence electrons. The summed E-state index contributed by atoms with van der Waals surface area (Å²) in [6.45, 7) is 2.82. The van der Waals surface area contributed by atoms with E-state index in [9.17, 15) is 4.79 Å². The monoisotopic (exact) mass is 344 g/mol. The number of nitrogens with zero attached hydrogens (tertiary/aromatic N) is 1. The van der Waals surface area contributed by atoms with E-state index in [0.717, 1.165) is 34.3 Å². The van der Waals surface area contributed by atoms with Crippen molar-refractivity contribution in [3.05, 3.63) is 64.1 Å². The van der Waals surface area contributed by atoms with E-state index in [4.69, 9.17) is 0 Å². The molecule has 1 aliphatic rings. The molecule has 0 bridgehead atoms. The van der Waals surface area contributed by atoms with Crippen molar-refractivity contribution in [2.45, 2.75) is 19.5 Å². The minimum atomic E-state index is -0.121. The summed E-state index contributed by atoms with van der Waals surface area (Å²) in [5, 5.41) is 3.49. The average molecular weight is 345 g/mol. The first-order valence-electron chi connectivity index (χ1n) is 7.12. The molecule has 1 N–H and O–H groups in total. The van der Waals surface area contributed by atoms with Gasteiger partial charge in [0.15, 0.2) is 0 Å². The molecule has 21 heavy (non-hydrogen) atoms. The highest BCUT2D eigenvalue weighted by Crippen LogP contribution is 2.33. The zero-order valence-corrected chi connectivity index (χ0v) is 13.4. The summed E-state index contributed by atoms with van der Waals surface area (Å²) in [6.07, 6.45) is 0.810. The maximum absolute atomic E-state index is 12.7. The van der Waals surface area contributed by atoms with Crippen molar-refractivity contribution in [2.75, 3.05) is 11.9 Å². The number of carbonyl (C=O) groups excluding carboxylic acids is 1. The first-order chi connectivity index (χ1) is 10.2. The molecule has 0 spiro atoms. The second-order valence-electron chi connectivity index (χ2n) is 5.15. The van der Waals surface area contributed by atoms with Gasteiger partial charge in [0, 0.05) is 16.7 Å². The number of rotatable bonds is 3. The van der Waals surface area contributed by atoms with Crippen molar-refractivity contribution in [3.8, 4) is 0 Å². The Morgan fingerprint density at radius 1 is 1.19 bits per heavy atom. The van der Waals surface area contributed by atoms with Crippen LogP contribution in [0, 0.1) is 0 Å². The largest absolute Gasteiger partial charge is 0.361 e. The van der Waals surface area contributed by atoms with Crippen molar-refractivity contribution in [2.24, 2.45) is 0 Å². The summed E-state index contributed by atoms with van der Waals surface area (Å²) in [5.41, 5.74) is 2.73. The molecule has 0 aliphatic carbocycles. The Bertz CT molecular complexity index is 671. The van der Waals surface area contributed by atoms with Gasteiger partial charge in [-0.2, -0.15) is 0 Å². The maximum atomic E-state index is 12.7. The van der Waals surface area contributed by atoms with Crippen LogP contribution in [0.1, 0.15) is 35.4 Å². The van der Waals surface area contributed by atoms with Crippen LogP contribution in [0.15, 0.2) is 53.0 Å². The summed E-state index contributed by atoms with van der Waals surface area (Å²) in [4.78, 5) is 14.7. The van der Waals surface area contributed by atoms with Gasteiger partial charge in [-0.25, -0.2) is 0 Å². The van der Waals surface area contributed by atoms with Crippen molar-refractivity contribution in [3.63, 3.8) is 0 Å². The lowest BCUT2D eigenvalue weighted by Gasteiger charge is -2.38. The smallest absolute Gasteiger partial charge is 0.257 e. The summed E-state index contributed by atoms with van der Waals surface area (Å²) >= 11 is 3.50. The Hall–Kier alpha value is -1.81. The molecular formula is C17H17BrN2O. The molecule has 0 fully saturated rings. The van der Waals surface area contributed by atoms with Gasteiger partial charge in [-0.3, -0.25) is 4.79 Å². The van der Waals surface area contributed by atoms with E-state index in [-0.39, 0.29) is 12.1 Å². The fourth-order valence-electron chi connectivity index (χ4n) is 2.70. The average Bonchev–Trinajstić information content (AvgIpc) is 2.50. The Kier molecular flexibility index (Phi) is 3.97. The van der Waals surface area contributed by atoms with Crippen LogP contribution < -0.4 is 5.32 Å². The number of anilines is 1. The first kappa shape index (κ1) is 14.1. The van der Waals surface area contributed by atoms with E-state index in [1.54, 1.807) is 0 Å². The van der Waals surface area contributed by atoms with Crippen LogP contribution in [0.25, 0.3) is 0 Å². The first-order valence-corrected chi connectivity index (χ1v) is 7.92. The number of para-hydroxylation sites is 1. The van der Waals surface area contributed by atoms with Crippen LogP contribution in [0.3, 0.4) is 0 Å². The quantitative estimate of drug-likeness (QED) is 0.893. The summed E-state index contributed by atoms with van der Waals surface area (Å²) in [6, 6.07) is 15.8. The Morgan fingerprint density at radius 2 is 2.00 bits per heavy atom. The Balaban J connectivity index is 2.04. The molecule has 0 saturated carbocycles. The molecule has 1 aliphatic heterocycles. The standard InChI is InChI=1S/C17H17BrN2O/c1-2-10-20-16(12-6-5-7-13(18)11-12)19-15-9-4-3-8-14(15)17(20)21/h3-9,11,16,19H,2,10H2,1H3/t16-/m0/s1. The lowest BCUT2D eigenvalue weighted by molar-refractivity contribution is 0.0683. The number of amides is 1. The number of nitrogens with one attached hydrogen (secondary N) is 1. The second kappa shape index (κ2) is 5.90. The molecule has 1 atom stereocenters. The normalized spacial score (nSPS) is 17.3. The maximum Gasteiger partial charge on any atom is 0.257 e. The van der Waals surface area contributed by atoms with Crippen molar-refractivity contribution in [1.82, 2.24) is 4.90 Å². The van der Waals surface area contributed by atoms with Gasteiger partial charge in [-0.15, -0.1) is 0 Å². The molecule has 3 rings (SSSR count). The van der Waals surface area contributed by atoms with Crippen LogP contribution in [0.5, 0.6) is 0 Å². The molecule has 0 aromatic heterocycles. The molecular weight excluding hydrogens is 328 g/mol. The second-order valence-corrected chi connectivity index (χ2v) is 6.06. The van der Waals surface area contributed by atoms with Crippen molar-refractivity contribution < 1.29 is 4.79 Å². The molecule has 2 aromatic rings. The van der Waals surface area contributed by atoms with Gasteiger partial charge in [-0.05, 0) is 36.2 Å². The molecule has 2 aromatic carbocycles. The van der Waals surface area contributed by atoms with Crippen LogP contribution in [0.4, 0.5) is 5.69 Å². The predicted octanol–water partition coefficient (Wildman–Crippen LogP) is 4.43. The third-order valence-electron chi connectivity index (χ3n) is 3.65. The number of carbonyl (C=O) groups is 1. The van der Waals surface area contributed by atoms with E-state index in [2.05, 4.69) is 34.2 Å². The molecule has 0 radical (unpaired) electrons. The number of hydrogen-bond acceptors (Lipinski definition) is 2. The van der Waals surface area contributed by atoms with Gasteiger partial charge in [0.05, 0.1) is 5.56 Å². The van der Waals surface area contributed by atoms with Gasteiger partial charge in [0.1, 0.15) is 6.17 Å². The fraction of sp³-hybridized carbons (Fsp3) is 0.235. The van der Waals surface area contributed by atoms with Gasteiger partial charge in [0.25, 0.3) is 5.91 Å². The van der Waals surface area contributed by atoms with Gasteiger partial charge in [-0.1, -0.05) is 47.1 Å². The molecule has 3 nitrogen and oxygen atoms in total. The van der Waals surface area contributed by atoms with E-state index >= 15 is 0 Å². The number of hydrogen-bond donors (Lipinski definition) is 1. The van der Waals surface area contributed by atoms with E-state index in [1.807, 2.05) is 47.4 Å². The third-order valence-corrected chi connectivity index (χ3v) is 4.14. The van der Waals surface area contributed by atoms with Crippen LogP contribution in [0.2, 0.25) is 0 Å². The highest BCUT2D eigenvalue weighted by atomic mass is 79.9. The molecule has 0 saturated heterocycles. The number of halogens is 1. The zero-order chi connectivity index (χ0) is 14.8. The van der Waals surface area contributed by atoms with Gasteiger partial charge < -0.3 is 10.2 Å². The number of fused-ring (bicyclic) bond motifs is 1. The highest BCUT2D eigenvalue weighted by molar-refractivity contribution is 9.10. The lowest BCUT2D eigenvalue weighted by Crippen LogP contribution is -2.43. The summed E-state index contributed by atoms with van der Waals surface area (Å²) in [5.74, 6) is 0.0937. The highest BCUT2D eigenvalue weighted by Gasteiger charge is 2.31.